The van der Waals surface area contributed by atoms with Crippen LogP contribution in [0.3, 0.4) is 0 Å². The van der Waals surface area contributed by atoms with Crippen LogP contribution >= 0.6 is 23.2 Å². The van der Waals surface area contributed by atoms with Crippen molar-refractivity contribution in [2.24, 2.45) is 17.3 Å². The van der Waals surface area contributed by atoms with Crippen molar-refractivity contribution in [1.29, 1.82) is 0 Å². The van der Waals surface area contributed by atoms with Crippen LogP contribution in [0.5, 0.6) is 0 Å². The van der Waals surface area contributed by atoms with Gasteiger partial charge < -0.3 is 10.2 Å². The van der Waals surface area contributed by atoms with E-state index in [4.69, 9.17) is 28.3 Å². The molecule has 0 aliphatic heterocycles. The molecule has 2 aliphatic rings. The highest BCUT2D eigenvalue weighted by molar-refractivity contribution is 6.55. The van der Waals surface area contributed by atoms with Crippen LogP contribution in [0.2, 0.25) is 0 Å². The van der Waals surface area contributed by atoms with Crippen molar-refractivity contribution < 1.29 is 24.6 Å². The average molecular weight is 371 g/mol. The molecule has 5 nitrogen and oxygen atoms in total. The van der Waals surface area contributed by atoms with E-state index < -0.39 is 29.1 Å². The van der Waals surface area contributed by atoms with Gasteiger partial charge in [-0.05, 0) is 29.4 Å². The summed E-state index contributed by atoms with van der Waals surface area (Å²) in [6, 6.07) is 0. The number of Topliss-reactive ketones (excluding diaryl/α,β-unsaturated/α-hetero) is 1. The molecule has 2 unspecified atom stereocenters. The fraction of sp³-hybridized carbons (Fsp3) is 0.353. The number of carboxylic acids is 2. The van der Waals surface area contributed by atoms with Gasteiger partial charge in [-0.2, -0.15) is 0 Å². The van der Waals surface area contributed by atoms with Gasteiger partial charge in [-0.25, -0.2) is 9.59 Å². The summed E-state index contributed by atoms with van der Waals surface area (Å²) < 4.78 is 0.0474. The maximum Gasteiger partial charge on any atom is 0.377 e. The smallest absolute Gasteiger partial charge is 0.377 e. The van der Waals surface area contributed by atoms with Gasteiger partial charge >= 0.3 is 11.9 Å². The second-order valence-corrected chi connectivity index (χ2v) is 7.33. The fourth-order valence-corrected chi connectivity index (χ4v) is 3.54. The van der Waals surface area contributed by atoms with E-state index in [1.165, 1.54) is 6.08 Å². The lowest BCUT2D eigenvalue weighted by atomic mass is 9.87. The molecule has 0 radical (unpaired) electrons. The molecular weight excluding hydrogens is 355 g/mol. The number of hydrogen-bond donors (Lipinski definition) is 2. The first-order valence-corrected chi connectivity index (χ1v) is 7.98. The first-order valence-electron chi connectivity index (χ1n) is 7.23. The molecule has 2 rings (SSSR count). The van der Waals surface area contributed by atoms with Crippen molar-refractivity contribution in [1.82, 2.24) is 0 Å². The second-order valence-electron chi connectivity index (χ2n) is 6.33. The van der Waals surface area contributed by atoms with Crippen LogP contribution in [-0.4, -0.2) is 27.9 Å². The lowest BCUT2D eigenvalue weighted by molar-refractivity contribution is -0.147. The molecular formula is C17H16Cl2O5. The third-order valence-corrected chi connectivity index (χ3v) is 4.82. The summed E-state index contributed by atoms with van der Waals surface area (Å²) in [5.41, 5.74) is -0.225. The molecule has 0 amide bonds. The van der Waals surface area contributed by atoms with Gasteiger partial charge in [0, 0.05) is 17.1 Å². The predicted molar refractivity (Wildman–Crippen MR) is 89.7 cm³/mol. The van der Waals surface area contributed by atoms with Crippen molar-refractivity contribution >= 4 is 40.9 Å². The summed E-state index contributed by atoms with van der Waals surface area (Å²) >= 11 is 11.4. The molecule has 0 aromatic heterocycles. The van der Waals surface area contributed by atoms with E-state index in [2.05, 4.69) is 0 Å². The van der Waals surface area contributed by atoms with E-state index >= 15 is 0 Å². The Kier molecular flexibility index (Phi) is 5.06. The molecule has 1 fully saturated rings. The Morgan fingerprint density at radius 2 is 1.83 bits per heavy atom. The topological polar surface area (TPSA) is 91.7 Å². The molecule has 0 bridgehead atoms. The van der Waals surface area contributed by atoms with Crippen molar-refractivity contribution in [2.45, 2.75) is 20.3 Å². The van der Waals surface area contributed by atoms with Gasteiger partial charge in [-0.3, -0.25) is 4.79 Å². The molecule has 2 aliphatic carbocycles. The maximum absolute atomic E-state index is 11.9. The third-order valence-electron chi connectivity index (χ3n) is 4.57. The molecule has 0 aromatic carbocycles. The first kappa shape index (κ1) is 18.5. The van der Waals surface area contributed by atoms with E-state index in [1.807, 2.05) is 13.8 Å². The Bertz CT molecular complexity index is 736. The number of carboxylic acid groups (broad SMARTS) is 2. The Balaban J connectivity index is 2.56. The molecule has 0 saturated heterocycles. The van der Waals surface area contributed by atoms with Crippen molar-refractivity contribution in [2.75, 3.05) is 0 Å². The first-order chi connectivity index (χ1) is 11.1. The Labute approximate surface area is 148 Å². The molecule has 7 heteroatoms. The quantitative estimate of drug-likeness (QED) is 0.570. The molecule has 24 heavy (non-hydrogen) atoms. The maximum atomic E-state index is 11.9. The van der Waals surface area contributed by atoms with E-state index in [0.29, 0.717) is 0 Å². The number of carbonyl (C=O) groups excluding carboxylic acids is 1. The standard InChI is InChI=1S/C17H16Cl2O5/c1-17(2)10(7-11(18)19)13(17)12(15(21)22)8-5-3-4-6-9(8)14(20)16(23)24/h3-4,6-7,10,13H,5H2,1-2H3,(H,21,22)(H,23,24). The number of allylic oxidation sites excluding steroid dienone is 5. The molecule has 0 heterocycles. The zero-order chi connectivity index (χ0) is 18.2. The fourth-order valence-electron chi connectivity index (χ4n) is 3.27. The minimum atomic E-state index is -1.62. The van der Waals surface area contributed by atoms with Crippen LogP contribution in [0.25, 0.3) is 0 Å². The van der Waals surface area contributed by atoms with Crippen molar-refractivity contribution in [3.63, 3.8) is 0 Å². The summed E-state index contributed by atoms with van der Waals surface area (Å²) in [6.45, 7) is 3.75. The van der Waals surface area contributed by atoms with Gasteiger partial charge in [-0.1, -0.05) is 55.3 Å². The Morgan fingerprint density at radius 1 is 1.21 bits per heavy atom. The lowest BCUT2D eigenvalue weighted by Gasteiger charge is -2.16. The molecule has 2 atom stereocenters. The minimum absolute atomic E-state index is 0.0426. The second kappa shape index (κ2) is 6.57. The molecule has 0 aromatic rings. The summed E-state index contributed by atoms with van der Waals surface area (Å²) in [6.07, 6.45) is 6.34. The van der Waals surface area contributed by atoms with Gasteiger partial charge in [0.25, 0.3) is 5.78 Å². The lowest BCUT2D eigenvalue weighted by Crippen LogP contribution is -2.21. The normalized spacial score (nSPS) is 26.2. The Hall–Kier alpha value is -1.85. The van der Waals surface area contributed by atoms with Gasteiger partial charge in [0.05, 0.1) is 0 Å². The van der Waals surface area contributed by atoms with Gasteiger partial charge in [-0.15, -0.1) is 0 Å². The van der Waals surface area contributed by atoms with E-state index in [9.17, 15) is 19.5 Å². The zero-order valence-corrected chi connectivity index (χ0v) is 14.6. The highest BCUT2D eigenvalue weighted by Gasteiger charge is 2.60. The number of hydrogen-bond acceptors (Lipinski definition) is 3. The van der Waals surface area contributed by atoms with Gasteiger partial charge in [0.2, 0.25) is 0 Å². The number of aliphatic carboxylic acids is 2. The van der Waals surface area contributed by atoms with E-state index in [-0.39, 0.29) is 33.5 Å². The SMILES string of the molecule is CC1(C)C(C=C(Cl)Cl)C1C(C(=O)O)=C1CC=CC=C1C(=O)C(=O)O. The largest absolute Gasteiger partial charge is 0.478 e. The van der Waals surface area contributed by atoms with Crippen LogP contribution in [0.15, 0.2) is 45.5 Å². The summed E-state index contributed by atoms with van der Waals surface area (Å²) in [7, 11) is 0. The molecule has 2 N–H and O–H groups in total. The van der Waals surface area contributed by atoms with Crippen molar-refractivity contribution in [3.05, 3.63) is 45.5 Å². The monoisotopic (exact) mass is 370 g/mol. The highest BCUT2D eigenvalue weighted by atomic mass is 35.5. The van der Waals surface area contributed by atoms with Gasteiger partial charge in [0.15, 0.2) is 0 Å². The zero-order valence-electron chi connectivity index (χ0n) is 13.0. The minimum Gasteiger partial charge on any atom is -0.478 e. The van der Waals surface area contributed by atoms with Crippen LogP contribution < -0.4 is 0 Å². The van der Waals surface area contributed by atoms with E-state index in [1.54, 1.807) is 18.2 Å². The van der Waals surface area contributed by atoms with Crippen LogP contribution in [-0.2, 0) is 14.4 Å². The highest BCUT2D eigenvalue weighted by Crippen LogP contribution is 2.64. The number of halogens is 2. The van der Waals surface area contributed by atoms with Crippen LogP contribution in [0.1, 0.15) is 20.3 Å². The molecule has 0 spiro atoms. The number of carbonyl (C=O) groups is 3. The molecule has 1 saturated carbocycles. The third kappa shape index (κ3) is 3.32. The predicted octanol–water partition coefficient (Wildman–Crippen LogP) is 3.50. The van der Waals surface area contributed by atoms with E-state index in [0.717, 1.165) is 0 Å². The van der Waals surface area contributed by atoms with Crippen molar-refractivity contribution in [3.8, 4) is 0 Å². The Morgan fingerprint density at radius 3 is 2.33 bits per heavy atom. The average Bonchev–Trinajstić information content (AvgIpc) is 2.99. The number of ketones is 1. The summed E-state index contributed by atoms with van der Waals surface area (Å²) in [4.78, 5) is 34.8. The van der Waals surface area contributed by atoms with Gasteiger partial charge in [0.1, 0.15) is 4.49 Å². The summed E-state index contributed by atoms with van der Waals surface area (Å²) in [5, 5.41) is 18.7. The van der Waals surface area contributed by atoms with Crippen LogP contribution in [0, 0.1) is 17.3 Å². The number of rotatable bonds is 5. The summed E-state index contributed by atoms with van der Waals surface area (Å²) in [5.74, 6) is -4.52. The molecule has 128 valence electrons. The van der Waals surface area contributed by atoms with Crippen LogP contribution in [0.4, 0.5) is 0 Å².